The molecule has 7 heterocycles. The molecule has 0 bridgehead atoms. The van der Waals surface area contributed by atoms with Gasteiger partial charge in [-0.3, -0.25) is 35.8 Å². The number of aromatic nitrogens is 7. The number of hydrogen-bond donors (Lipinski definition) is 3. The van der Waals surface area contributed by atoms with Gasteiger partial charge in [0.1, 0.15) is 27.9 Å². The number of nitrogens with one attached hydrogen (secondary N) is 1. The summed E-state index contributed by atoms with van der Waals surface area (Å²) >= 11 is 37.1. The fourth-order valence-electron chi connectivity index (χ4n) is 6.81. The number of pyridine rings is 3. The van der Waals surface area contributed by atoms with Crippen LogP contribution in [0, 0.1) is 17.4 Å². The summed E-state index contributed by atoms with van der Waals surface area (Å²) in [6, 6.07) is 17.4. The van der Waals surface area contributed by atoms with Crippen LogP contribution in [0.1, 0.15) is 21.5 Å². The normalized spacial score (nSPS) is 13.3. The number of hydrazine groups is 1. The lowest BCUT2D eigenvalue weighted by atomic mass is 10.2. The number of aldehydes is 1. The van der Waals surface area contributed by atoms with Gasteiger partial charge in [0.15, 0.2) is 6.29 Å². The summed E-state index contributed by atoms with van der Waals surface area (Å²) in [6.45, 7) is 10.3. The number of H-pyrrole nitrogens is 1. The number of alkyl halides is 1. The summed E-state index contributed by atoms with van der Waals surface area (Å²) < 4.78 is 2.46. The molecule has 2 aliphatic rings. The predicted octanol–water partition coefficient (Wildman–Crippen LogP) is 8.51. The predicted molar refractivity (Wildman–Crippen MR) is 278 cm³/mol. The second kappa shape index (κ2) is 26.3. The molecule has 2 saturated heterocycles. The van der Waals surface area contributed by atoms with Gasteiger partial charge in [0.05, 0.1) is 33.6 Å². The fraction of sp³-hybridized carbons (Fsp3) is 0.273. The molecule has 9 rings (SSSR count). The number of carbonyl (C=O) groups excluding carboxylic acids is 3. The van der Waals surface area contributed by atoms with Crippen molar-refractivity contribution in [1.29, 1.82) is 0 Å². The molecule has 2 amide bonds. The minimum atomic E-state index is 0.0172. The minimum Gasteiger partial charge on any atom is -0.368 e. The van der Waals surface area contributed by atoms with E-state index in [2.05, 4.69) is 63.9 Å². The first kappa shape index (κ1) is 53.4. The van der Waals surface area contributed by atoms with E-state index in [9.17, 15) is 14.4 Å². The molecule has 2 aromatic carbocycles. The standard InChI is InChI=1S/C19H19Cl2N5O.C13H16Cl2N2O.C6H3ClINO.C6H4ClN3.H4N2/c1-13-10-14(2-3-16(13)20)24-6-8-25(9-7-24)18(27)12-26-11-15-17(23-26)4-5-22-19(15)21;1-10-8-11(2-3-12(10)15)16-4-6-17(7-5-16)13(18)9-14;7-6-4(3-10)5(8)1-2-9-6;7-6-4-3-9-10-5(4)1-2-8-6;1-2/h2-5,10-11H,6-9,12H2,1H3;2-3,8H,4-7,9H2,1H3;1-3H;1-3H,(H,9,10);1-2H2. The van der Waals surface area contributed by atoms with Gasteiger partial charge in [0.25, 0.3) is 0 Å². The summed E-state index contributed by atoms with van der Waals surface area (Å²) in [6.07, 6.45) is 8.96. The van der Waals surface area contributed by atoms with Crippen LogP contribution in [0.2, 0.25) is 25.5 Å². The van der Waals surface area contributed by atoms with E-state index in [1.807, 2.05) is 76.6 Å². The lowest BCUT2D eigenvalue weighted by Gasteiger charge is -2.36. The van der Waals surface area contributed by atoms with Gasteiger partial charge in [-0.15, -0.1) is 11.6 Å². The van der Waals surface area contributed by atoms with E-state index >= 15 is 0 Å². The Morgan fingerprint density at radius 3 is 1.69 bits per heavy atom. The molecule has 354 valence electrons. The smallest absolute Gasteiger partial charge is 0.244 e. The molecule has 0 saturated carbocycles. The van der Waals surface area contributed by atoms with Crippen molar-refractivity contribution in [3.63, 3.8) is 0 Å². The molecule has 0 unspecified atom stereocenters. The van der Waals surface area contributed by atoms with E-state index in [-0.39, 0.29) is 29.4 Å². The number of benzene rings is 2. The Morgan fingerprint density at radius 2 is 1.21 bits per heavy atom. The summed E-state index contributed by atoms with van der Waals surface area (Å²) in [5.41, 5.74) is 6.56. The average molecular weight is 1140 g/mol. The molecule has 0 radical (unpaired) electrons. The number of aromatic amines is 1. The van der Waals surface area contributed by atoms with Gasteiger partial charge >= 0.3 is 0 Å². The van der Waals surface area contributed by atoms with Crippen molar-refractivity contribution in [2.24, 2.45) is 11.7 Å². The number of hydrogen-bond acceptors (Lipinski definition) is 12. The van der Waals surface area contributed by atoms with Crippen molar-refractivity contribution in [3.8, 4) is 0 Å². The van der Waals surface area contributed by atoms with Gasteiger partial charge in [-0.2, -0.15) is 10.2 Å². The third kappa shape index (κ3) is 14.7. The molecular weight excluding hydrogens is 1100 g/mol. The third-order valence-electron chi connectivity index (χ3n) is 10.4. The molecule has 0 aliphatic carbocycles. The quantitative estimate of drug-likeness (QED) is 0.0359. The Balaban J connectivity index is 0.000000180. The number of halogens is 7. The van der Waals surface area contributed by atoms with Crippen LogP contribution in [-0.2, 0) is 16.1 Å². The van der Waals surface area contributed by atoms with Gasteiger partial charge in [0, 0.05) is 102 Å². The summed E-state index contributed by atoms with van der Waals surface area (Å²) in [5.74, 6) is 8.14. The highest BCUT2D eigenvalue weighted by molar-refractivity contribution is 14.1. The van der Waals surface area contributed by atoms with Gasteiger partial charge in [-0.05, 0) is 102 Å². The van der Waals surface area contributed by atoms with Gasteiger partial charge in [-0.25, -0.2) is 15.0 Å². The molecule has 2 fully saturated rings. The lowest BCUT2D eigenvalue weighted by molar-refractivity contribution is -0.132. The van der Waals surface area contributed by atoms with Crippen LogP contribution in [0.25, 0.3) is 21.8 Å². The van der Waals surface area contributed by atoms with E-state index in [1.165, 1.54) is 0 Å². The number of fused-ring (bicyclic) bond motifs is 2. The van der Waals surface area contributed by atoms with Crippen molar-refractivity contribution in [2.45, 2.75) is 20.4 Å². The number of amides is 2. The second-order valence-corrected chi connectivity index (χ2v) is 18.0. The van der Waals surface area contributed by atoms with E-state index < -0.39 is 0 Å². The number of nitrogens with zero attached hydrogens (tertiary/aromatic N) is 10. The molecule has 7 aromatic rings. The van der Waals surface area contributed by atoms with Gasteiger partial charge in [0.2, 0.25) is 11.8 Å². The number of carbonyl (C=O) groups is 3. The second-order valence-electron chi connectivity index (χ2n) is 14.6. The van der Waals surface area contributed by atoms with Crippen molar-refractivity contribution < 1.29 is 14.4 Å². The topological polar surface area (TPSA) is 201 Å². The molecule has 2 aliphatic heterocycles. The Kier molecular flexibility index (Phi) is 20.9. The van der Waals surface area contributed by atoms with Crippen LogP contribution in [-0.4, -0.2) is 121 Å². The van der Waals surface area contributed by atoms with Crippen molar-refractivity contribution >= 4 is 143 Å². The SMILES string of the molecule is Cc1cc(N2CCN(C(=O)CCl)CC2)ccc1Cl.Cc1cc(N2CCN(C(=O)Cn3cc4c(Cl)nccc4n3)CC2)ccc1Cl.Clc1nccc2[nH]ncc12.NN.O=Cc1c(I)ccnc1Cl. The maximum absolute atomic E-state index is 12.7. The fourth-order valence-corrected chi connectivity index (χ4v) is 8.53. The molecule has 16 nitrogen and oxygen atoms in total. The highest BCUT2D eigenvalue weighted by atomic mass is 127. The number of piperazine rings is 2. The number of rotatable bonds is 6. The Morgan fingerprint density at radius 1 is 0.701 bits per heavy atom. The van der Waals surface area contributed by atoms with Crippen molar-refractivity contribution in [2.75, 3.05) is 68.0 Å². The number of nitrogens with two attached hydrogens (primary N) is 2. The molecule has 5 aromatic heterocycles. The maximum Gasteiger partial charge on any atom is 0.244 e. The molecule has 0 spiro atoms. The van der Waals surface area contributed by atoms with Crippen LogP contribution in [0.4, 0.5) is 11.4 Å². The van der Waals surface area contributed by atoms with Gasteiger partial charge in [-0.1, -0.05) is 58.0 Å². The first-order chi connectivity index (χ1) is 32.3. The molecule has 23 heteroatoms. The molecule has 5 N–H and O–H groups in total. The van der Waals surface area contributed by atoms with E-state index in [4.69, 9.17) is 69.6 Å². The summed E-state index contributed by atoms with van der Waals surface area (Å²) in [7, 11) is 0. The van der Waals surface area contributed by atoms with Crippen LogP contribution in [0.5, 0.6) is 0 Å². The largest absolute Gasteiger partial charge is 0.368 e. The Hall–Kier alpha value is -4.57. The zero-order valence-corrected chi connectivity index (χ0v) is 42.9. The average Bonchev–Trinajstić information content (AvgIpc) is 4.01. The zero-order chi connectivity index (χ0) is 48.6. The molecule has 67 heavy (non-hydrogen) atoms. The Bertz CT molecular complexity index is 2740. The van der Waals surface area contributed by atoms with E-state index in [1.54, 1.807) is 47.8 Å². The van der Waals surface area contributed by atoms with Crippen LogP contribution in [0.15, 0.2) is 85.6 Å². The monoisotopic (exact) mass is 1140 g/mol. The molecular formula is C44H46Cl6IN13O3. The lowest BCUT2D eigenvalue weighted by Crippen LogP contribution is -2.49. The Labute approximate surface area is 430 Å². The van der Waals surface area contributed by atoms with E-state index in [0.29, 0.717) is 35.2 Å². The van der Waals surface area contributed by atoms with E-state index in [0.717, 1.165) is 97.2 Å². The summed E-state index contributed by atoms with van der Waals surface area (Å²) in [4.78, 5) is 54.3. The maximum atomic E-state index is 12.7. The first-order valence-corrected chi connectivity index (χ1v) is 23.9. The van der Waals surface area contributed by atoms with Crippen molar-refractivity contribution in [1.82, 2.24) is 44.7 Å². The number of anilines is 2. The number of aryl methyl sites for hydroxylation is 2. The summed E-state index contributed by atoms with van der Waals surface area (Å²) in [5, 5.41) is 15.4. The highest BCUT2D eigenvalue weighted by Gasteiger charge is 2.23. The first-order valence-electron chi connectivity index (χ1n) is 20.4. The van der Waals surface area contributed by atoms with Crippen LogP contribution >= 0.6 is 92.2 Å². The van der Waals surface area contributed by atoms with Crippen LogP contribution < -0.4 is 21.5 Å². The van der Waals surface area contributed by atoms with Crippen molar-refractivity contribution in [3.05, 3.63) is 131 Å². The third-order valence-corrected chi connectivity index (χ3v) is 13.4. The van der Waals surface area contributed by atoms with Crippen LogP contribution in [0.3, 0.4) is 0 Å². The highest BCUT2D eigenvalue weighted by Crippen LogP contribution is 2.26. The molecule has 0 atom stereocenters. The minimum absolute atomic E-state index is 0.0172. The zero-order valence-electron chi connectivity index (χ0n) is 36.2. The van der Waals surface area contributed by atoms with Gasteiger partial charge < -0.3 is 19.6 Å².